The van der Waals surface area contributed by atoms with Crippen LogP contribution in [0.5, 0.6) is 0 Å². The Balaban J connectivity index is 2.23. The van der Waals surface area contributed by atoms with Gasteiger partial charge in [0.2, 0.25) is 0 Å². The average molecular weight is 255 g/mol. The number of halogens is 1. The molecule has 17 heavy (non-hydrogen) atoms. The van der Waals surface area contributed by atoms with Gasteiger partial charge in [0, 0.05) is 29.8 Å². The zero-order valence-electron chi connectivity index (χ0n) is 10.3. The van der Waals surface area contributed by atoms with Crippen LogP contribution in [0.4, 0.5) is 5.69 Å². The van der Waals surface area contributed by atoms with Crippen LogP contribution < -0.4 is 10.6 Å². The van der Waals surface area contributed by atoms with E-state index in [-0.39, 0.29) is 6.10 Å². The van der Waals surface area contributed by atoms with Crippen LogP contribution >= 0.6 is 11.6 Å². The van der Waals surface area contributed by atoms with Crippen molar-refractivity contribution in [3.05, 3.63) is 28.8 Å². The van der Waals surface area contributed by atoms with E-state index in [4.69, 9.17) is 22.1 Å². The third kappa shape index (κ3) is 2.73. The second-order valence-electron chi connectivity index (χ2n) is 4.63. The molecule has 1 heterocycles. The summed E-state index contributed by atoms with van der Waals surface area (Å²) in [5, 5.41) is 0.747. The largest absolute Gasteiger partial charge is 0.375 e. The summed E-state index contributed by atoms with van der Waals surface area (Å²) < 4.78 is 5.62. The van der Waals surface area contributed by atoms with Gasteiger partial charge in [0.25, 0.3) is 0 Å². The van der Waals surface area contributed by atoms with Gasteiger partial charge in [-0.15, -0.1) is 0 Å². The SMILES string of the molecule is CC1CN(c2ccc(CN)c(Cl)c2)C(C)CO1. The molecule has 1 aromatic rings. The topological polar surface area (TPSA) is 38.5 Å². The average Bonchev–Trinajstić information content (AvgIpc) is 2.32. The Labute approximate surface area is 107 Å². The van der Waals surface area contributed by atoms with Gasteiger partial charge >= 0.3 is 0 Å². The number of anilines is 1. The summed E-state index contributed by atoms with van der Waals surface area (Å²) in [5.74, 6) is 0. The molecule has 0 amide bonds. The van der Waals surface area contributed by atoms with Crippen molar-refractivity contribution in [2.45, 2.75) is 32.5 Å². The first-order valence-electron chi connectivity index (χ1n) is 5.98. The molecule has 2 unspecified atom stereocenters. The lowest BCUT2D eigenvalue weighted by Crippen LogP contribution is -2.47. The van der Waals surface area contributed by atoms with E-state index in [1.165, 1.54) is 0 Å². The van der Waals surface area contributed by atoms with E-state index < -0.39 is 0 Å². The van der Waals surface area contributed by atoms with Crippen LogP contribution in [0.15, 0.2) is 18.2 Å². The highest BCUT2D eigenvalue weighted by molar-refractivity contribution is 6.31. The van der Waals surface area contributed by atoms with Crippen molar-refractivity contribution in [3.8, 4) is 0 Å². The zero-order chi connectivity index (χ0) is 12.4. The summed E-state index contributed by atoms with van der Waals surface area (Å²) >= 11 is 6.19. The Bertz CT molecular complexity index is 397. The van der Waals surface area contributed by atoms with Gasteiger partial charge < -0.3 is 15.4 Å². The van der Waals surface area contributed by atoms with Crippen LogP contribution in [0.1, 0.15) is 19.4 Å². The van der Waals surface area contributed by atoms with Crippen LogP contribution in [-0.2, 0) is 11.3 Å². The molecule has 2 rings (SSSR count). The summed E-state index contributed by atoms with van der Waals surface area (Å²) in [5.41, 5.74) is 7.75. The highest BCUT2D eigenvalue weighted by atomic mass is 35.5. The van der Waals surface area contributed by atoms with E-state index in [2.05, 4.69) is 24.8 Å². The first-order valence-corrected chi connectivity index (χ1v) is 6.36. The fourth-order valence-corrected chi connectivity index (χ4v) is 2.40. The molecule has 0 spiro atoms. The summed E-state index contributed by atoms with van der Waals surface area (Å²) in [4.78, 5) is 2.33. The molecule has 4 heteroatoms. The lowest BCUT2D eigenvalue weighted by atomic mass is 10.1. The minimum Gasteiger partial charge on any atom is -0.375 e. The predicted octanol–water partition coefficient (Wildman–Crippen LogP) is 2.41. The number of hydrogen-bond acceptors (Lipinski definition) is 3. The monoisotopic (exact) mass is 254 g/mol. The number of ether oxygens (including phenoxy) is 1. The van der Waals surface area contributed by atoms with Crippen molar-refractivity contribution in [2.24, 2.45) is 5.73 Å². The van der Waals surface area contributed by atoms with Crippen molar-refractivity contribution >= 4 is 17.3 Å². The van der Waals surface area contributed by atoms with E-state index in [1.54, 1.807) is 0 Å². The first-order chi connectivity index (χ1) is 8.11. The summed E-state index contributed by atoms with van der Waals surface area (Å²) in [6.45, 7) is 6.40. The quantitative estimate of drug-likeness (QED) is 0.881. The Kier molecular flexibility index (Phi) is 3.92. The molecule has 0 aliphatic carbocycles. The van der Waals surface area contributed by atoms with Crippen molar-refractivity contribution in [1.82, 2.24) is 0 Å². The zero-order valence-corrected chi connectivity index (χ0v) is 11.1. The maximum absolute atomic E-state index is 6.19. The number of morpholine rings is 1. The van der Waals surface area contributed by atoms with Crippen LogP contribution in [0.25, 0.3) is 0 Å². The van der Waals surface area contributed by atoms with E-state index in [1.807, 2.05) is 12.1 Å². The first kappa shape index (κ1) is 12.7. The molecule has 0 saturated carbocycles. The van der Waals surface area contributed by atoms with Gasteiger partial charge in [-0.1, -0.05) is 17.7 Å². The second-order valence-corrected chi connectivity index (χ2v) is 5.03. The van der Waals surface area contributed by atoms with Crippen LogP contribution in [0, 0.1) is 0 Å². The molecule has 2 N–H and O–H groups in total. The van der Waals surface area contributed by atoms with Gasteiger partial charge in [0.1, 0.15) is 0 Å². The van der Waals surface area contributed by atoms with Gasteiger partial charge in [-0.2, -0.15) is 0 Å². The minimum atomic E-state index is 0.263. The Morgan fingerprint density at radius 3 is 2.88 bits per heavy atom. The molecule has 94 valence electrons. The molecule has 0 bridgehead atoms. The Morgan fingerprint density at radius 1 is 1.47 bits per heavy atom. The van der Waals surface area contributed by atoms with Gasteiger partial charge in [0.05, 0.1) is 12.7 Å². The van der Waals surface area contributed by atoms with E-state index in [0.717, 1.165) is 29.4 Å². The fourth-order valence-electron chi connectivity index (χ4n) is 2.14. The van der Waals surface area contributed by atoms with Gasteiger partial charge in [-0.25, -0.2) is 0 Å². The van der Waals surface area contributed by atoms with Crippen LogP contribution in [-0.4, -0.2) is 25.3 Å². The Hall–Kier alpha value is -0.770. The molecule has 1 aliphatic rings. The number of nitrogens with zero attached hydrogens (tertiary/aromatic N) is 1. The number of benzene rings is 1. The number of rotatable bonds is 2. The maximum atomic E-state index is 6.19. The van der Waals surface area contributed by atoms with Gasteiger partial charge in [-0.3, -0.25) is 0 Å². The molecular weight excluding hydrogens is 236 g/mol. The van der Waals surface area contributed by atoms with Gasteiger partial charge in [-0.05, 0) is 31.5 Å². The smallest absolute Gasteiger partial charge is 0.0723 e. The molecule has 1 fully saturated rings. The fraction of sp³-hybridized carbons (Fsp3) is 0.538. The third-order valence-electron chi connectivity index (χ3n) is 3.20. The summed E-state index contributed by atoms with van der Waals surface area (Å²) in [7, 11) is 0. The molecule has 1 aromatic carbocycles. The number of nitrogens with two attached hydrogens (primary N) is 1. The third-order valence-corrected chi connectivity index (χ3v) is 3.55. The van der Waals surface area contributed by atoms with Crippen molar-refractivity contribution < 1.29 is 4.74 Å². The highest BCUT2D eigenvalue weighted by Gasteiger charge is 2.23. The Morgan fingerprint density at radius 2 is 2.24 bits per heavy atom. The standard InChI is InChI=1S/C13H19ClN2O/c1-9-8-17-10(2)7-16(9)12-4-3-11(6-15)13(14)5-12/h3-5,9-10H,6-8,15H2,1-2H3. The molecule has 0 aromatic heterocycles. The maximum Gasteiger partial charge on any atom is 0.0723 e. The van der Waals surface area contributed by atoms with Gasteiger partial charge in [0.15, 0.2) is 0 Å². The van der Waals surface area contributed by atoms with Crippen LogP contribution in [0.2, 0.25) is 5.02 Å². The second kappa shape index (κ2) is 5.25. The van der Waals surface area contributed by atoms with E-state index >= 15 is 0 Å². The summed E-state index contributed by atoms with van der Waals surface area (Å²) in [6, 6.07) is 6.47. The van der Waals surface area contributed by atoms with Crippen molar-refractivity contribution in [1.29, 1.82) is 0 Å². The lowest BCUT2D eigenvalue weighted by Gasteiger charge is -2.38. The molecule has 1 saturated heterocycles. The molecule has 0 radical (unpaired) electrons. The van der Waals surface area contributed by atoms with Crippen LogP contribution in [0.3, 0.4) is 0 Å². The molecule has 2 atom stereocenters. The van der Waals surface area contributed by atoms with Crippen molar-refractivity contribution in [3.63, 3.8) is 0 Å². The number of hydrogen-bond donors (Lipinski definition) is 1. The minimum absolute atomic E-state index is 0.263. The molecular formula is C13H19ClN2O. The molecule has 1 aliphatic heterocycles. The van der Waals surface area contributed by atoms with E-state index in [0.29, 0.717) is 12.6 Å². The highest BCUT2D eigenvalue weighted by Crippen LogP contribution is 2.27. The summed E-state index contributed by atoms with van der Waals surface area (Å²) in [6.07, 6.45) is 0.263. The lowest BCUT2D eigenvalue weighted by molar-refractivity contribution is 0.0344. The molecule has 3 nitrogen and oxygen atoms in total. The predicted molar refractivity (Wildman–Crippen MR) is 71.6 cm³/mol. The van der Waals surface area contributed by atoms with Crippen molar-refractivity contribution in [2.75, 3.05) is 18.1 Å². The normalized spacial score (nSPS) is 25.1. The van der Waals surface area contributed by atoms with E-state index in [9.17, 15) is 0 Å².